The van der Waals surface area contributed by atoms with Gasteiger partial charge in [-0.15, -0.1) is 0 Å². The SMILES string of the molecule is CC1[C@@H](O)[C@H](I)C[C@@H](CC(=O)O)[C@H]1CC(=O)O. The van der Waals surface area contributed by atoms with E-state index in [-0.39, 0.29) is 34.5 Å². The normalized spacial score (nSPS) is 37.7. The van der Waals surface area contributed by atoms with Crippen LogP contribution in [0.1, 0.15) is 26.2 Å². The van der Waals surface area contributed by atoms with E-state index in [1.807, 2.05) is 0 Å². The molecule has 0 bridgehead atoms. The van der Waals surface area contributed by atoms with Crippen molar-refractivity contribution >= 4 is 34.5 Å². The third-order valence-corrected chi connectivity index (χ3v) is 4.81. The maximum Gasteiger partial charge on any atom is 0.303 e. The molecular formula is C11H17IO5. The highest BCUT2D eigenvalue weighted by atomic mass is 127. The summed E-state index contributed by atoms with van der Waals surface area (Å²) in [6.45, 7) is 1.80. The first kappa shape index (κ1) is 14.7. The molecule has 1 unspecified atom stereocenters. The van der Waals surface area contributed by atoms with E-state index in [0.29, 0.717) is 6.42 Å². The van der Waals surface area contributed by atoms with Crippen LogP contribution < -0.4 is 0 Å². The Bertz CT molecular complexity index is 306. The second-order valence-electron chi connectivity index (χ2n) is 4.72. The van der Waals surface area contributed by atoms with Crippen molar-refractivity contribution in [3.8, 4) is 0 Å². The van der Waals surface area contributed by atoms with Crippen LogP contribution in [-0.2, 0) is 9.59 Å². The molecule has 0 amide bonds. The molecule has 5 atom stereocenters. The fraction of sp³-hybridized carbons (Fsp3) is 0.818. The van der Waals surface area contributed by atoms with Crippen LogP contribution in [0.25, 0.3) is 0 Å². The summed E-state index contributed by atoms with van der Waals surface area (Å²) in [6, 6.07) is 0. The fourth-order valence-corrected chi connectivity index (χ4v) is 3.94. The van der Waals surface area contributed by atoms with Gasteiger partial charge in [0, 0.05) is 16.8 Å². The first-order valence-electron chi connectivity index (χ1n) is 5.58. The highest BCUT2D eigenvalue weighted by molar-refractivity contribution is 14.1. The summed E-state index contributed by atoms with van der Waals surface area (Å²) in [5.41, 5.74) is 0. The van der Waals surface area contributed by atoms with E-state index in [1.165, 1.54) is 0 Å². The predicted octanol–water partition coefficient (Wildman–Crippen LogP) is 1.37. The number of carbonyl (C=O) groups is 2. The Morgan fingerprint density at radius 2 is 1.76 bits per heavy atom. The molecule has 98 valence electrons. The number of rotatable bonds is 4. The number of halogens is 1. The molecule has 0 radical (unpaired) electrons. The second kappa shape index (κ2) is 5.99. The number of carboxylic acids is 2. The molecule has 0 spiro atoms. The third kappa shape index (κ3) is 3.80. The van der Waals surface area contributed by atoms with Gasteiger partial charge in [0.1, 0.15) is 0 Å². The summed E-state index contributed by atoms with van der Waals surface area (Å²) < 4.78 is -0.00278. The molecule has 1 rings (SSSR count). The topological polar surface area (TPSA) is 94.8 Å². The minimum atomic E-state index is -0.934. The summed E-state index contributed by atoms with van der Waals surface area (Å²) in [6.07, 6.45) is -0.0744. The van der Waals surface area contributed by atoms with Gasteiger partial charge in [-0.05, 0) is 24.2 Å². The largest absolute Gasteiger partial charge is 0.481 e. The van der Waals surface area contributed by atoms with E-state index < -0.39 is 18.0 Å². The van der Waals surface area contributed by atoms with Crippen LogP contribution in [0.4, 0.5) is 0 Å². The number of alkyl halides is 1. The van der Waals surface area contributed by atoms with E-state index >= 15 is 0 Å². The third-order valence-electron chi connectivity index (χ3n) is 3.57. The van der Waals surface area contributed by atoms with Gasteiger partial charge in [0.25, 0.3) is 0 Å². The molecular weight excluding hydrogens is 339 g/mol. The van der Waals surface area contributed by atoms with Crippen molar-refractivity contribution in [3.05, 3.63) is 0 Å². The predicted molar refractivity (Wildman–Crippen MR) is 69.1 cm³/mol. The molecule has 1 fully saturated rings. The van der Waals surface area contributed by atoms with Crippen molar-refractivity contribution in [2.75, 3.05) is 0 Å². The van der Waals surface area contributed by atoms with Gasteiger partial charge in [-0.3, -0.25) is 9.59 Å². The molecule has 0 saturated heterocycles. The van der Waals surface area contributed by atoms with Crippen LogP contribution in [0.15, 0.2) is 0 Å². The molecule has 0 aliphatic heterocycles. The fourth-order valence-electron chi connectivity index (χ4n) is 2.63. The first-order valence-corrected chi connectivity index (χ1v) is 6.83. The molecule has 1 aliphatic rings. The molecule has 1 saturated carbocycles. The summed E-state index contributed by atoms with van der Waals surface area (Å²) in [4.78, 5) is 21.6. The summed E-state index contributed by atoms with van der Waals surface area (Å²) >= 11 is 2.11. The lowest BCUT2D eigenvalue weighted by Crippen LogP contribution is -2.44. The highest BCUT2D eigenvalue weighted by Gasteiger charge is 2.42. The van der Waals surface area contributed by atoms with Crippen LogP contribution in [0, 0.1) is 17.8 Å². The zero-order valence-electron chi connectivity index (χ0n) is 9.54. The van der Waals surface area contributed by atoms with Gasteiger partial charge in [-0.25, -0.2) is 0 Å². The van der Waals surface area contributed by atoms with Crippen LogP contribution in [0.3, 0.4) is 0 Å². The van der Waals surface area contributed by atoms with Crippen molar-refractivity contribution in [2.45, 2.75) is 36.2 Å². The average Bonchev–Trinajstić information content (AvgIpc) is 2.20. The van der Waals surface area contributed by atoms with Gasteiger partial charge in [-0.2, -0.15) is 0 Å². The Morgan fingerprint density at radius 3 is 2.24 bits per heavy atom. The van der Waals surface area contributed by atoms with Crippen molar-refractivity contribution in [1.82, 2.24) is 0 Å². The minimum Gasteiger partial charge on any atom is -0.481 e. The standard InChI is InChI=1S/C11H17IO5/c1-5-7(4-10(15)16)6(3-9(13)14)2-8(12)11(5)17/h5-8,11,17H,2-4H2,1H3,(H,13,14)(H,15,16)/t5?,6-,7-,8+,11+/m0/s1. The van der Waals surface area contributed by atoms with Crippen molar-refractivity contribution in [1.29, 1.82) is 0 Å². The Kier molecular flexibility index (Phi) is 5.18. The van der Waals surface area contributed by atoms with Crippen LogP contribution in [-0.4, -0.2) is 37.3 Å². The lowest BCUT2D eigenvalue weighted by molar-refractivity contribution is -0.144. The van der Waals surface area contributed by atoms with Gasteiger partial charge >= 0.3 is 11.9 Å². The smallest absolute Gasteiger partial charge is 0.303 e. The van der Waals surface area contributed by atoms with Gasteiger partial charge in [0.15, 0.2) is 0 Å². The number of aliphatic carboxylic acids is 2. The van der Waals surface area contributed by atoms with E-state index in [9.17, 15) is 14.7 Å². The van der Waals surface area contributed by atoms with Crippen LogP contribution >= 0.6 is 22.6 Å². The quantitative estimate of drug-likeness (QED) is 0.523. The number of aliphatic hydroxyl groups excluding tert-OH is 1. The summed E-state index contributed by atoms with van der Waals surface area (Å²) in [7, 11) is 0. The molecule has 17 heavy (non-hydrogen) atoms. The number of aliphatic hydroxyl groups is 1. The highest BCUT2D eigenvalue weighted by Crippen LogP contribution is 2.41. The first-order chi connectivity index (χ1) is 7.82. The van der Waals surface area contributed by atoms with Gasteiger partial charge in [0.05, 0.1) is 6.10 Å². The van der Waals surface area contributed by atoms with Crippen molar-refractivity contribution in [3.63, 3.8) is 0 Å². The van der Waals surface area contributed by atoms with Crippen LogP contribution in [0.5, 0.6) is 0 Å². The monoisotopic (exact) mass is 356 g/mol. The zero-order chi connectivity index (χ0) is 13.2. The van der Waals surface area contributed by atoms with Crippen molar-refractivity contribution in [2.24, 2.45) is 17.8 Å². The lowest BCUT2D eigenvalue weighted by atomic mass is 9.68. The van der Waals surface area contributed by atoms with E-state index in [0.717, 1.165) is 0 Å². The minimum absolute atomic E-state index is 0.00278. The molecule has 3 N–H and O–H groups in total. The number of hydrogen-bond donors (Lipinski definition) is 3. The Labute approximate surface area is 113 Å². The Hall–Kier alpha value is -0.370. The number of hydrogen-bond acceptors (Lipinski definition) is 3. The molecule has 6 heteroatoms. The Balaban J connectivity index is 2.82. The van der Waals surface area contributed by atoms with E-state index in [2.05, 4.69) is 22.6 Å². The number of carboxylic acid groups (broad SMARTS) is 2. The van der Waals surface area contributed by atoms with Gasteiger partial charge in [-0.1, -0.05) is 29.5 Å². The summed E-state index contributed by atoms with van der Waals surface area (Å²) in [5, 5.41) is 27.6. The molecule has 0 aromatic rings. The molecule has 1 aliphatic carbocycles. The molecule has 5 nitrogen and oxygen atoms in total. The molecule has 0 heterocycles. The molecule has 0 aromatic carbocycles. The zero-order valence-corrected chi connectivity index (χ0v) is 11.7. The van der Waals surface area contributed by atoms with Gasteiger partial charge < -0.3 is 15.3 Å². The lowest BCUT2D eigenvalue weighted by Gasteiger charge is -2.41. The van der Waals surface area contributed by atoms with E-state index in [4.69, 9.17) is 10.2 Å². The van der Waals surface area contributed by atoms with Gasteiger partial charge in [0.2, 0.25) is 0 Å². The Morgan fingerprint density at radius 1 is 1.24 bits per heavy atom. The maximum absolute atomic E-state index is 10.8. The van der Waals surface area contributed by atoms with E-state index in [1.54, 1.807) is 6.92 Å². The van der Waals surface area contributed by atoms with Crippen molar-refractivity contribution < 1.29 is 24.9 Å². The second-order valence-corrected chi connectivity index (χ2v) is 6.32. The maximum atomic E-state index is 10.8. The average molecular weight is 356 g/mol. The summed E-state index contributed by atoms with van der Waals surface area (Å²) in [5.74, 6) is -2.44. The van der Waals surface area contributed by atoms with Crippen LogP contribution in [0.2, 0.25) is 0 Å². The molecule has 0 aromatic heterocycles.